The van der Waals surface area contributed by atoms with E-state index in [0.29, 0.717) is 12.0 Å². The van der Waals surface area contributed by atoms with Gasteiger partial charge in [0.1, 0.15) is 11.9 Å². The zero-order chi connectivity index (χ0) is 24.3. The van der Waals surface area contributed by atoms with Gasteiger partial charge in [-0.1, -0.05) is 42.5 Å². The molecule has 3 aliphatic heterocycles. The highest BCUT2D eigenvalue weighted by Crippen LogP contribution is 2.44. The van der Waals surface area contributed by atoms with Crippen molar-refractivity contribution in [2.75, 3.05) is 13.1 Å². The van der Waals surface area contributed by atoms with Gasteiger partial charge in [0.15, 0.2) is 0 Å². The van der Waals surface area contributed by atoms with Crippen LogP contribution >= 0.6 is 0 Å². The van der Waals surface area contributed by atoms with Crippen LogP contribution in [0.3, 0.4) is 0 Å². The summed E-state index contributed by atoms with van der Waals surface area (Å²) in [5.74, 6) is 8.15. The molecule has 0 bridgehead atoms. The minimum absolute atomic E-state index is 0.0340. The normalized spacial score (nSPS) is 29.5. The largest absolute Gasteiger partial charge is 0.392 e. The molecule has 2 atom stereocenters. The van der Waals surface area contributed by atoms with E-state index in [1.54, 1.807) is 6.20 Å². The average molecular weight is 478 g/mol. The number of β-amino-alcohol motifs (C(OH)–C–C–N with tert-alkyl or cyclic N) is 1. The van der Waals surface area contributed by atoms with E-state index in [0.717, 1.165) is 77.3 Å². The van der Waals surface area contributed by atoms with Crippen LogP contribution in [0.5, 0.6) is 0 Å². The number of amidine groups is 1. The Labute approximate surface area is 210 Å². The first-order valence-electron chi connectivity index (χ1n) is 12.7. The zero-order valence-corrected chi connectivity index (χ0v) is 20.0. The summed E-state index contributed by atoms with van der Waals surface area (Å²) in [5, 5.41) is 11.0. The lowest BCUT2D eigenvalue weighted by molar-refractivity contribution is -0.750. The van der Waals surface area contributed by atoms with Crippen LogP contribution in [0.4, 0.5) is 0 Å². The number of quaternary nitrogens is 1. The van der Waals surface area contributed by atoms with E-state index < -0.39 is 0 Å². The fraction of sp³-hybridized carbons (Fsp3) is 0.276. The number of rotatable bonds is 4. The molecule has 1 unspecified atom stereocenters. The molecule has 4 aliphatic rings. The Balaban J connectivity index is 1.22. The van der Waals surface area contributed by atoms with Gasteiger partial charge in [0.05, 0.1) is 35.3 Å². The molecular weight excluding hydrogens is 448 g/mol. The van der Waals surface area contributed by atoms with Crippen LogP contribution in [0.2, 0.25) is 0 Å². The molecule has 3 aromatic rings. The second-order valence-corrected chi connectivity index (χ2v) is 10.3. The van der Waals surface area contributed by atoms with Gasteiger partial charge in [-0.15, -0.1) is 4.59 Å². The molecule has 36 heavy (non-hydrogen) atoms. The van der Waals surface area contributed by atoms with Gasteiger partial charge in [-0.05, 0) is 37.5 Å². The summed E-state index contributed by atoms with van der Waals surface area (Å²) < 4.78 is 0.0340. The Kier molecular flexibility index (Phi) is 5.01. The highest BCUT2D eigenvalue weighted by Gasteiger charge is 2.49. The fourth-order valence-electron chi connectivity index (χ4n) is 5.94. The van der Waals surface area contributed by atoms with Crippen molar-refractivity contribution in [3.05, 3.63) is 90.0 Å². The van der Waals surface area contributed by atoms with E-state index in [4.69, 9.17) is 15.8 Å². The maximum Gasteiger partial charge on any atom is 0.264 e. The molecule has 2 aromatic carbocycles. The summed E-state index contributed by atoms with van der Waals surface area (Å²) in [4.78, 5) is 16.9. The van der Waals surface area contributed by atoms with Crippen LogP contribution in [-0.2, 0) is 0 Å². The number of hydrogen-bond acceptors (Lipinski definition) is 6. The van der Waals surface area contributed by atoms with Crippen molar-refractivity contribution in [3.63, 3.8) is 0 Å². The summed E-state index contributed by atoms with van der Waals surface area (Å²) >= 11 is 0. The number of likely N-dealkylation sites (tertiary alicyclic amines) is 1. The van der Waals surface area contributed by atoms with Crippen molar-refractivity contribution in [3.8, 4) is 11.3 Å². The summed E-state index contributed by atoms with van der Waals surface area (Å²) in [6, 6.07) is 21.2. The number of hydrogen-bond donors (Lipinski definition) is 2. The van der Waals surface area contributed by atoms with Crippen LogP contribution in [0.25, 0.3) is 22.2 Å². The smallest absolute Gasteiger partial charge is 0.264 e. The van der Waals surface area contributed by atoms with E-state index in [9.17, 15) is 5.11 Å². The topological polar surface area (TPSA) is 87.1 Å². The average Bonchev–Trinajstić information content (AvgIpc) is 3.44. The van der Waals surface area contributed by atoms with Gasteiger partial charge in [0, 0.05) is 36.0 Å². The van der Waals surface area contributed by atoms with Gasteiger partial charge < -0.3 is 5.11 Å². The molecule has 7 rings (SSSR count). The predicted octanol–water partition coefficient (Wildman–Crippen LogP) is 3.96. The molecule has 3 N–H and O–H groups in total. The molecule has 0 spiro atoms. The first-order valence-corrected chi connectivity index (χ1v) is 12.7. The van der Waals surface area contributed by atoms with Crippen LogP contribution in [0.1, 0.15) is 24.8 Å². The monoisotopic (exact) mass is 477 g/mol. The summed E-state index contributed by atoms with van der Waals surface area (Å²) in [7, 11) is 0. The van der Waals surface area contributed by atoms with E-state index in [1.807, 2.05) is 30.6 Å². The number of aliphatic imine (C=N–C) groups is 2. The van der Waals surface area contributed by atoms with Crippen molar-refractivity contribution < 1.29 is 9.70 Å². The van der Waals surface area contributed by atoms with Gasteiger partial charge in [-0.3, -0.25) is 9.89 Å². The van der Waals surface area contributed by atoms with Crippen LogP contribution in [0, 0.1) is 5.92 Å². The Morgan fingerprint density at radius 1 is 1.00 bits per heavy atom. The van der Waals surface area contributed by atoms with E-state index in [2.05, 4.69) is 52.4 Å². The first kappa shape index (κ1) is 21.8. The van der Waals surface area contributed by atoms with Crippen molar-refractivity contribution in [2.24, 2.45) is 21.7 Å². The third kappa shape index (κ3) is 3.47. The number of allylic oxidation sites excluding steroid dienone is 2. The zero-order valence-electron chi connectivity index (χ0n) is 20.0. The third-order valence-electron chi connectivity index (χ3n) is 8.05. The molecule has 7 heteroatoms. The molecule has 180 valence electrons. The number of fused-ring (bicyclic) bond motifs is 2. The fourth-order valence-corrected chi connectivity index (χ4v) is 5.94. The van der Waals surface area contributed by atoms with Gasteiger partial charge in [-0.25, -0.2) is 4.98 Å². The summed E-state index contributed by atoms with van der Waals surface area (Å²) in [6.07, 6.45) is 8.30. The number of aliphatic hydroxyl groups excluding tert-OH is 1. The van der Waals surface area contributed by atoms with Crippen molar-refractivity contribution in [1.82, 2.24) is 9.88 Å². The molecule has 4 heterocycles. The molecule has 0 amide bonds. The minimum atomic E-state index is -0.185. The van der Waals surface area contributed by atoms with Crippen molar-refractivity contribution in [2.45, 2.75) is 31.4 Å². The lowest BCUT2D eigenvalue weighted by atomic mass is 9.77. The number of aromatic nitrogens is 1. The highest BCUT2D eigenvalue weighted by atomic mass is 16.3. The SMILES string of the molecule is N[N+]12C=CN=CC1=C(C1CC(N3CC[C@H](O)C3)C1)N=C2c1ccc2ccc(-c3ccccc3)nc2c1. The van der Waals surface area contributed by atoms with Crippen molar-refractivity contribution in [1.29, 1.82) is 0 Å². The van der Waals surface area contributed by atoms with E-state index >= 15 is 0 Å². The standard InChI is InChI=1S/C29H29N6O/c30-35-13-11-31-17-27(35)28(22-14-23(15-22)34-12-10-24(36)18-34)33-29(35)21-7-6-20-8-9-25(32-26(20)16-21)19-4-2-1-3-5-19/h1-9,11,13,16-17,22-24,36H,10,12,14-15,18,30H2/q+1/t22?,23?,24-,35?/m0/s1. The number of pyridine rings is 1. The Hall–Kier alpha value is -3.49. The lowest BCUT2D eigenvalue weighted by Crippen LogP contribution is -2.53. The second-order valence-electron chi connectivity index (χ2n) is 10.3. The van der Waals surface area contributed by atoms with Crippen LogP contribution in [0.15, 0.2) is 94.4 Å². The Bertz CT molecular complexity index is 1470. The molecule has 7 nitrogen and oxygen atoms in total. The van der Waals surface area contributed by atoms with Gasteiger partial charge >= 0.3 is 0 Å². The lowest BCUT2D eigenvalue weighted by Gasteiger charge is -2.41. The number of aliphatic hydroxyl groups is 1. The maximum atomic E-state index is 9.93. The number of benzene rings is 2. The molecule has 1 aliphatic carbocycles. The predicted molar refractivity (Wildman–Crippen MR) is 142 cm³/mol. The van der Waals surface area contributed by atoms with E-state index in [-0.39, 0.29) is 10.7 Å². The molecular formula is C29H29N6O+. The van der Waals surface area contributed by atoms with E-state index in [1.165, 1.54) is 0 Å². The van der Waals surface area contributed by atoms with Crippen LogP contribution in [-0.4, -0.2) is 56.9 Å². The summed E-state index contributed by atoms with van der Waals surface area (Å²) in [6.45, 7) is 1.77. The summed E-state index contributed by atoms with van der Waals surface area (Å²) in [5.41, 5.74) is 5.92. The second kappa shape index (κ2) is 8.28. The minimum Gasteiger partial charge on any atom is -0.392 e. The molecule has 1 aromatic heterocycles. The Morgan fingerprint density at radius 3 is 2.64 bits per heavy atom. The molecule has 1 saturated carbocycles. The van der Waals surface area contributed by atoms with Gasteiger partial charge in [0.25, 0.3) is 5.84 Å². The molecule has 1 saturated heterocycles. The maximum absolute atomic E-state index is 9.93. The van der Waals surface area contributed by atoms with Crippen LogP contribution < -0.4 is 5.84 Å². The molecule has 2 fully saturated rings. The highest BCUT2D eigenvalue weighted by molar-refractivity contribution is 6.02. The quantitative estimate of drug-likeness (QED) is 0.440. The number of nitrogens with zero attached hydrogens (tertiary/aromatic N) is 5. The van der Waals surface area contributed by atoms with Crippen molar-refractivity contribution >= 4 is 23.0 Å². The third-order valence-corrected chi connectivity index (χ3v) is 8.05. The Morgan fingerprint density at radius 2 is 1.83 bits per heavy atom. The molecule has 0 radical (unpaired) electrons. The van der Waals surface area contributed by atoms with Gasteiger partial charge in [0.2, 0.25) is 5.70 Å². The number of nitrogens with two attached hydrogens (primary N) is 1. The van der Waals surface area contributed by atoms with Gasteiger partial charge in [-0.2, -0.15) is 10.8 Å². The first-order chi connectivity index (χ1) is 17.6.